The smallest absolute Gasteiger partial charge is 0.150 e. The molecule has 0 amide bonds. The van der Waals surface area contributed by atoms with Crippen molar-refractivity contribution in [3.8, 4) is 0 Å². The zero-order valence-corrected chi connectivity index (χ0v) is 11.1. The van der Waals surface area contributed by atoms with E-state index in [0.717, 1.165) is 0 Å². The predicted molar refractivity (Wildman–Crippen MR) is 68.8 cm³/mol. The van der Waals surface area contributed by atoms with Gasteiger partial charge in [0, 0.05) is 18.0 Å². The average molecular weight is 280 g/mol. The van der Waals surface area contributed by atoms with Gasteiger partial charge >= 0.3 is 0 Å². The fourth-order valence-electron chi connectivity index (χ4n) is 1.28. The number of sulfone groups is 1. The van der Waals surface area contributed by atoms with Gasteiger partial charge in [-0.1, -0.05) is 18.5 Å². The van der Waals surface area contributed by atoms with E-state index in [1.807, 2.05) is 0 Å². The monoisotopic (exact) mass is 279 g/mol. The van der Waals surface area contributed by atoms with Crippen molar-refractivity contribution >= 4 is 27.1 Å². The molecule has 0 saturated carbocycles. The molecule has 0 heterocycles. The van der Waals surface area contributed by atoms with Gasteiger partial charge in [-0.25, -0.2) is 12.8 Å². The summed E-state index contributed by atoms with van der Waals surface area (Å²) in [7, 11) is -2.91. The molecule has 0 aromatic heterocycles. The summed E-state index contributed by atoms with van der Waals surface area (Å²) in [5, 5.41) is 3.05. The number of hydrogen-bond donors (Lipinski definition) is 1. The lowest BCUT2D eigenvalue weighted by Crippen LogP contribution is -2.12. The summed E-state index contributed by atoms with van der Waals surface area (Å²) in [6.45, 7) is 2.14. The molecule has 1 aromatic rings. The van der Waals surface area contributed by atoms with E-state index < -0.39 is 15.7 Å². The minimum absolute atomic E-state index is 0.0520. The van der Waals surface area contributed by atoms with E-state index in [1.165, 1.54) is 12.1 Å². The Morgan fingerprint density at radius 2 is 2.12 bits per heavy atom. The Balaban J connectivity index is 2.39. The van der Waals surface area contributed by atoms with E-state index in [4.69, 9.17) is 11.6 Å². The Morgan fingerprint density at radius 3 is 2.71 bits per heavy atom. The largest absolute Gasteiger partial charge is 0.385 e. The van der Waals surface area contributed by atoms with Gasteiger partial charge in [0.05, 0.1) is 10.8 Å². The van der Waals surface area contributed by atoms with Crippen LogP contribution >= 0.6 is 11.6 Å². The van der Waals surface area contributed by atoms with E-state index in [2.05, 4.69) is 5.32 Å². The van der Waals surface area contributed by atoms with Crippen LogP contribution in [0.2, 0.25) is 5.02 Å². The van der Waals surface area contributed by atoms with Crippen molar-refractivity contribution in [1.82, 2.24) is 0 Å². The second-order valence-electron chi connectivity index (χ2n) is 3.65. The van der Waals surface area contributed by atoms with Crippen molar-refractivity contribution in [2.24, 2.45) is 0 Å². The topological polar surface area (TPSA) is 46.2 Å². The number of hydrogen-bond acceptors (Lipinski definition) is 3. The molecule has 0 saturated heterocycles. The standard InChI is InChI=1S/C11H15ClFNO2S/c1-2-17(15,16)7-3-6-14-9-4-5-11(13)10(12)8-9/h4-5,8,14H,2-3,6-7H2,1H3. The molecule has 0 unspecified atom stereocenters. The van der Waals surface area contributed by atoms with Crippen LogP contribution in [-0.2, 0) is 9.84 Å². The Kier molecular flexibility index (Phi) is 5.21. The van der Waals surface area contributed by atoms with Gasteiger partial charge in [-0.15, -0.1) is 0 Å². The Morgan fingerprint density at radius 1 is 1.41 bits per heavy atom. The molecule has 0 radical (unpaired) electrons. The van der Waals surface area contributed by atoms with E-state index in [0.29, 0.717) is 18.7 Å². The lowest BCUT2D eigenvalue weighted by atomic mass is 10.3. The van der Waals surface area contributed by atoms with Gasteiger partial charge in [-0.2, -0.15) is 0 Å². The molecule has 0 bridgehead atoms. The number of anilines is 1. The number of rotatable bonds is 6. The first kappa shape index (κ1) is 14.3. The highest BCUT2D eigenvalue weighted by Gasteiger charge is 2.06. The Hall–Kier alpha value is -0.810. The van der Waals surface area contributed by atoms with Gasteiger partial charge in [0.25, 0.3) is 0 Å². The molecule has 0 aliphatic rings. The van der Waals surface area contributed by atoms with Crippen LogP contribution in [0.5, 0.6) is 0 Å². The minimum Gasteiger partial charge on any atom is -0.385 e. The highest BCUT2D eigenvalue weighted by Crippen LogP contribution is 2.19. The third-order valence-electron chi connectivity index (χ3n) is 2.32. The summed E-state index contributed by atoms with van der Waals surface area (Å²) in [5.74, 6) is -0.147. The molecule has 0 atom stereocenters. The molecule has 1 N–H and O–H groups in total. The van der Waals surface area contributed by atoms with E-state index in [-0.39, 0.29) is 16.5 Å². The van der Waals surface area contributed by atoms with Crippen molar-refractivity contribution in [3.05, 3.63) is 29.0 Å². The lowest BCUT2D eigenvalue weighted by molar-refractivity contribution is 0.595. The molecule has 0 aliphatic heterocycles. The predicted octanol–water partition coefficient (Wildman–Crippen LogP) is 2.72. The zero-order chi connectivity index (χ0) is 12.9. The van der Waals surface area contributed by atoms with Gasteiger partial charge in [0.2, 0.25) is 0 Å². The first-order chi connectivity index (χ1) is 7.94. The van der Waals surface area contributed by atoms with Crippen LogP contribution in [0.15, 0.2) is 18.2 Å². The van der Waals surface area contributed by atoms with Crippen LogP contribution in [0, 0.1) is 5.82 Å². The molecule has 0 aliphatic carbocycles. The molecule has 96 valence electrons. The van der Waals surface area contributed by atoms with E-state index in [1.54, 1.807) is 13.0 Å². The highest BCUT2D eigenvalue weighted by atomic mass is 35.5. The quantitative estimate of drug-likeness (QED) is 0.815. The fraction of sp³-hybridized carbons (Fsp3) is 0.455. The highest BCUT2D eigenvalue weighted by molar-refractivity contribution is 7.91. The first-order valence-corrected chi connectivity index (χ1v) is 7.54. The van der Waals surface area contributed by atoms with E-state index >= 15 is 0 Å². The number of benzene rings is 1. The van der Waals surface area contributed by atoms with Crippen LogP contribution in [0.4, 0.5) is 10.1 Å². The lowest BCUT2D eigenvalue weighted by Gasteiger charge is -2.07. The molecule has 6 heteroatoms. The molecule has 0 fully saturated rings. The van der Waals surface area contributed by atoms with Crippen LogP contribution in [0.3, 0.4) is 0 Å². The third kappa shape index (κ3) is 4.91. The summed E-state index contributed by atoms with van der Waals surface area (Å²) < 4.78 is 35.3. The summed E-state index contributed by atoms with van der Waals surface area (Å²) in [6.07, 6.45) is 0.519. The molecule has 3 nitrogen and oxygen atoms in total. The maximum Gasteiger partial charge on any atom is 0.150 e. The molecular formula is C11H15ClFNO2S. The van der Waals surface area contributed by atoms with Crippen molar-refractivity contribution in [3.63, 3.8) is 0 Å². The SMILES string of the molecule is CCS(=O)(=O)CCCNc1ccc(F)c(Cl)c1. The third-order valence-corrected chi connectivity index (χ3v) is 4.40. The number of nitrogens with one attached hydrogen (secondary N) is 1. The van der Waals surface area contributed by atoms with Gasteiger partial charge in [-0.05, 0) is 24.6 Å². The van der Waals surface area contributed by atoms with Gasteiger partial charge in [0.1, 0.15) is 15.7 Å². The molecule has 1 rings (SSSR count). The summed E-state index contributed by atoms with van der Waals surface area (Å²) in [6, 6.07) is 4.31. The molecular weight excluding hydrogens is 265 g/mol. The average Bonchev–Trinajstić information content (AvgIpc) is 2.29. The first-order valence-electron chi connectivity index (χ1n) is 5.34. The molecule has 0 spiro atoms. The summed E-state index contributed by atoms with van der Waals surface area (Å²) >= 11 is 5.61. The zero-order valence-electron chi connectivity index (χ0n) is 9.54. The maximum atomic E-state index is 12.9. The molecule has 1 aromatic carbocycles. The maximum absolute atomic E-state index is 12.9. The van der Waals surface area contributed by atoms with E-state index in [9.17, 15) is 12.8 Å². The Bertz CT molecular complexity index is 476. The van der Waals surface area contributed by atoms with Crippen LogP contribution < -0.4 is 5.32 Å². The number of halogens is 2. The van der Waals surface area contributed by atoms with Crippen molar-refractivity contribution in [2.75, 3.05) is 23.4 Å². The van der Waals surface area contributed by atoms with Crippen molar-refractivity contribution in [1.29, 1.82) is 0 Å². The molecule has 17 heavy (non-hydrogen) atoms. The van der Waals surface area contributed by atoms with Crippen LogP contribution in [0.25, 0.3) is 0 Å². The summed E-state index contributed by atoms with van der Waals surface area (Å²) in [4.78, 5) is 0. The normalized spacial score (nSPS) is 11.5. The fourth-order valence-corrected chi connectivity index (χ4v) is 2.33. The van der Waals surface area contributed by atoms with Crippen LogP contribution in [0.1, 0.15) is 13.3 Å². The minimum atomic E-state index is -2.91. The van der Waals surface area contributed by atoms with Crippen LogP contribution in [-0.4, -0.2) is 26.5 Å². The second kappa shape index (κ2) is 6.21. The van der Waals surface area contributed by atoms with Gasteiger partial charge in [0.15, 0.2) is 0 Å². The second-order valence-corrected chi connectivity index (χ2v) is 6.53. The Labute approximate surface area is 106 Å². The van der Waals surface area contributed by atoms with Gasteiger partial charge < -0.3 is 5.32 Å². The van der Waals surface area contributed by atoms with Crippen molar-refractivity contribution < 1.29 is 12.8 Å². The van der Waals surface area contributed by atoms with Crippen molar-refractivity contribution in [2.45, 2.75) is 13.3 Å². The van der Waals surface area contributed by atoms with Gasteiger partial charge in [-0.3, -0.25) is 0 Å². The summed E-state index contributed by atoms with van der Waals surface area (Å²) in [5.41, 5.74) is 0.685.